The summed E-state index contributed by atoms with van der Waals surface area (Å²) in [6, 6.07) is 5.98. The van der Waals surface area contributed by atoms with Crippen molar-refractivity contribution in [1.29, 1.82) is 0 Å². The number of aromatic nitrogens is 2. The van der Waals surface area contributed by atoms with Gasteiger partial charge in [-0.1, -0.05) is 6.07 Å². The number of hydrogen-bond acceptors (Lipinski definition) is 3. The minimum atomic E-state index is 0.410. The quantitative estimate of drug-likeness (QED) is 0.909. The van der Waals surface area contributed by atoms with Gasteiger partial charge in [0.05, 0.1) is 5.69 Å². The highest BCUT2D eigenvalue weighted by molar-refractivity contribution is 5.41. The summed E-state index contributed by atoms with van der Waals surface area (Å²) in [6.45, 7) is 3.09. The van der Waals surface area contributed by atoms with Crippen LogP contribution in [0.25, 0.3) is 5.65 Å². The van der Waals surface area contributed by atoms with Crippen molar-refractivity contribution in [2.75, 3.05) is 0 Å². The molecule has 0 spiro atoms. The van der Waals surface area contributed by atoms with Crippen molar-refractivity contribution in [3.63, 3.8) is 0 Å². The van der Waals surface area contributed by atoms with E-state index in [2.05, 4.69) is 40.8 Å². The standard InChI is InChI=1S/C16H22N4/c1-11-2-5-16-18-13(9-19(16)8-11)10-20-14-3-4-15(20)7-12(17)6-14/h2,5,8-9,12,14-15H,3-4,6-7,10,17H2,1H3. The molecule has 4 heteroatoms. The first kappa shape index (κ1) is 12.4. The smallest absolute Gasteiger partial charge is 0.137 e. The SMILES string of the molecule is Cc1ccc2nc(CN3C4CCC3CC(N)C4)cn2c1. The summed E-state index contributed by atoms with van der Waals surface area (Å²) < 4.78 is 2.14. The van der Waals surface area contributed by atoms with Gasteiger partial charge in [0.25, 0.3) is 0 Å². The van der Waals surface area contributed by atoms with E-state index in [0.29, 0.717) is 18.1 Å². The van der Waals surface area contributed by atoms with Gasteiger partial charge < -0.3 is 10.1 Å². The summed E-state index contributed by atoms with van der Waals surface area (Å²) in [7, 11) is 0. The molecule has 4 heterocycles. The lowest BCUT2D eigenvalue weighted by Gasteiger charge is -2.37. The highest BCUT2D eigenvalue weighted by Crippen LogP contribution is 2.36. The molecule has 2 atom stereocenters. The highest BCUT2D eigenvalue weighted by Gasteiger charge is 2.39. The van der Waals surface area contributed by atoms with Gasteiger partial charge in [0.15, 0.2) is 0 Å². The molecular formula is C16H22N4. The molecule has 2 aliphatic rings. The van der Waals surface area contributed by atoms with Crippen molar-refractivity contribution in [3.05, 3.63) is 35.8 Å². The molecule has 2 bridgehead atoms. The van der Waals surface area contributed by atoms with Gasteiger partial charge in [-0.2, -0.15) is 0 Å². The van der Waals surface area contributed by atoms with Crippen LogP contribution in [0.2, 0.25) is 0 Å². The molecule has 20 heavy (non-hydrogen) atoms. The predicted octanol–water partition coefficient (Wildman–Crippen LogP) is 2.10. The molecule has 0 amide bonds. The third kappa shape index (κ3) is 2.03. The Hall–Kier alpha value is -1.39. The van der Waals surface area contributed by atoms with E-state index in [4.69, 9.17) is 10.7 Å². The van der Waals surface area contributed by atoms with Crippen LogP contribution in [0.1, 0.15) is 36.9 Å². The van der Waals surface area contributed by atoms with Crippen LogP contribution in [-0.2, 0) is 6.54 Å². The van der Waals surface area contributed by atoms with Crippen molar-refractivity contribution < 1.29 is 0 Å². The Morgan fingerprint density at radius 2 is 1.95 bits per heavy atom. The first-order chi connectivity index (χ1) is 9.69. The molecule has 2 N–H and O–H groups in total. The summed E-state index contributed by atoms with van der Waals surface area (Å²) >= 11 is 0. The number of hydrogen-bond donors (Lipinski definition) is 1. The molecule has 4 nitrogen and oxygen atoms in total. The van der Waals surface area contributed by atoms with Crippen molar-refractivity contribution >= 4 is 5.65 Å². The molecule has 2 aromatic heterocycles. The van der Waals surface area contributed by atoms with Gasteiger partial charge in [0, 0.05) is 37.1 Å². The van der Waals surface area contributed by atoms with Crippen molar-refractivity contribution in [2.24, 2.45) is 5.73 Å². The molecule has 0 radical (unpaired) electrons. The molecule has 2 unspecified atom stereocenters. The molecule has 2 aromatic rings. The fourth-order valence-corrected chi connectivity index (χ4v) is 3.99. The van der Waals surface area contributed by atoms with Crippen LogP contribution in [-0.4, -0.2) is 32.4 Å². The molecular weight excluding hydrogens is 248 g/mol. The Labute approximate surface area is 119 Å². The van der Waals surface area contributed by atoms with Crippen LogP contribution in [0.15, 0.2) is 24.5 Å². The normalized spacial score (nSPS) is 30.2. The first-order valence-corrected chi connectivity index (χ1v) is 7.64. The zero-order valence-electron chi connectivity index (χ0n) is 12.0. The number of nitrogens with zero attached hydrogens (tertiary/aromatic N) is 3. The average molecular weight is 270 g/mol. The van der Waals surface area contributed by atoms with Gasteiger partial charge in [-0.15, -0.1) is 0 Å². The maximum absolute atomic E-state index is 6.14. The van der Waals surface area contributed by atoms with Gasteiger partial charge in [-0.25, -0.2) is 4.98 Å². The summed E-state index contributed by atoms with van der Waals surface area (Å²) in [4.78, 5) is 7.39. The van der Waals surface area contributed by atoms with E-state index in [1.807, 2.05) is 0 Å². The number of aryl methyl sites for hydroxylation is 1. The lowest BCUT2D eigenvalue weighted by molar-refractivity contribution is 0.118. The lowest BCUT2D eigenvalue weighted by Crippen LogP contribution is -2.46. The van der Waals surface area contributed by atoms with Gasteiger partial charge in [-0.05, 0) is 44.2 Å². The number of piperidine rings is 1. The van der Waals surface area contributed by atoms with E-state index >= 15 is 0 Å². The molecule has 0 aromatic carbocycles. The zero-order chi connectivity index (χ0) is 13.7. The van der Waals surface area contributed by atoms with Gasteiger partial charge in [0.1, 0.15) is 5.65 Å². The van der Waals surface area contributed by atoms with Gasteiger partial charge in [-0.3, -0.25) is 4.90 Å². The van der Waals surface area contributed by atoms with E-state index in [1.54, 1.807) is 0 Å². The minimum Gasteiger partial charge on any atom is -0.328 e. The van der Waals surface area contributed by atoms with Crippen LogP contribution >= 0.6 is 0 Å². The lowest BCUT2D eigenvalue weighted by atomic mass is 9.98. The molecule has 0 aliphatic carbocycles. The van der Waals surface area contributed by atoms with Crippen molar-refractivity contribution in [3.8, 4) is 0 Å². The van der Waals surface area contributed by atoms with E-state index in [0.717, 1.165) is 25.0 Å². The minimum absolute atomic E-state index is 0.410. The average Bonchev–Trinajstić information content (AvgIpc) is 2.89. The number of pyridine rings is 1. The highest BCUT2D eigenvalue weighted by atomic mass is 15.2. The summed E-state index contributed by atoms with van der Waals surface area (Å²) in [5.74, 6) is 0. The number of fused-ring (bicyclic) bond motifs is 3. The fraction of sp³-hybridized carbons (Fsp3) is 0.562. The summed E-state index contributed by atoms with van der Waals surface area (Å²) in [5, 5.41) is 0. The summed E-state index contributed by atoms with van der Waals surface area (Å²) in [5.41, 5.74) is 9.64. The molecule has 0 saturated carbocycles. The van der Waals surface area contributed by atoms with E-state index in [1.165, 1.54) is 24.1 Å². The second kappa shape index (κ2) is 4.57. The molecule has 4 rings (SSSR count). The molecule has 2 fully saturated rings. The second-order valence-corrected chi connectivity index (χ2v) is 6.49. The third-order valence-corrected chi connectivity index (χ3v) is 4.91. The molecule has 2 aliphatic heterocycles. The Balaban J connectivity index is 1.58. The van der Waals surface area contributed by atoms with E-state index in [9.17, 15) is 0 Å². The summed E-state index contributed by atoms with van der Waals surface area (Å²) in [6.07, 6.45) is 9.25. The number of nitrogens with two attached hydrogens (primary N) is 1. The Morgan fingerprint density at radius 3 is 2.70 bits per heavy atom. The third-order valence-electron chi connectivity index (χ3n) is 4.91. The maximum Gasteiger partial charge on any atom is 0.137 e. The number of imidazole rings is 1. The van der Waals surface area contributed by atoms with Gasteiger partial charge >= 0.3 is 0 Å². The van der Waals surface area contributed by atoms with Crippen LogP contribution in [0.3, 0.4) is 0 Å². The van der Waals surface area contributed by atoms with Crippen molar-refractivity contribution in [1.82, 2.24) is 14.3 Å². The van der Waals surface area contributed by atoms with E-state index in [-0.39, 0.29) is 0 Å². The topological polar surface area (TPSA) is 46.6 Å². The Kier molecular flexibility index (Phi) is 2.82. The second-order valence-electron chi connectivity index (χ2n) is 6.49. The monoisotopic (exact) mass is 270 g/mol. The first-order valence-electron chi connectivity index (χ1n) is 7.64. The zero-order valence-corrected chi connectivity index (χ0v) is 12.0. The number of rotatable bonds is 2. The Morgan fingerprint density at radius 1 is 1.20 bits per heavy atom. The molecule has 106 valence electrons. The van der Waals surface area contributed by atoms with Crippen LogP contribution in [0, 0.1) is 6.92 Å². The Bertz CT molecular complexity index is 618. The van der Waals surface area contributed by atoms with Crippen LogP contribution in [0.5, 0.6) is 0 Å². The predicted molar refractivity (Wildman–Crippen MR) is 79.5 cm³/mol. The van der Waals surface area contributed by atoms with Gasteiger partial charge in [0.2, 0.25) is 0 Å². The van der Waals surface area contributed by atoms with Crippen molar-refractivity contribution in [2.45, 2.75) is 57.3 Å². The largest absolute Gasteiger partial charge is 0.328 e. The van der Waals surface area contributed by atoms with E-state index < -0.39 is 0 Å². The van der Waals surface area contributed by atoms with Crippen LogP contribution < -0.4 is 5.73 Å². The maximum atomic E-state index is 6.14. The fourth-order valence-electron chi connectivity index (χ4n) is 3.99. The van der Waals surface area contributed by atoms with Crippen LogP contribution in [0.4, 0.5) is 0 Å². The molecule has 2 saturated heterocycles.